The van der Waals surface area contributed by atoms with Crippen molar-refractivity contribution in [3.8, 4) is 0 Å². The van der Waals surface area contributed by atoms with E-state index in [4.69, 9.17) is 20.9 Å². The molecule has 0 radical (unpaired) electrons. The van der Waals surface area contributed by atoms with Gasteiger partial charge in [-0.2, -0.15) is 0 Å². The first kappa shape index (κ1) is 43.2. The van der Waals surface area contributed by atoms with Gasteiger partial charge in [0.05, 0.1) is 24.2 Å². The molecular weight excluding hydrogens is 716 g/mol. The van der Waals surface area contributed by atoms with Gasteiger partial charge in [-0.05, 0) is 47.9 Å². The fourth-order valence-corrected chi connectivity index (χ4v) is 5.96. The normalized spacial score (nSPS) is 14.5. The zero-order chi connectivity index (χ0) is 40.8. The smallest absolute Gasteiger partial charge is 0.417 e. The Morgan fingerprint density at radius 3 is 1.21 bits per heavy atom. The van der Waals surface area contributed by atoms with Crippen LogP contribution in [0.2, 0.25) is 0 Å². The number of carbonyl (C=O) groups excluding carboxylic acids is 4. The van der Waals surface area contributed by atoms with Gasteiger partial charge in [0, 0.05) is 35.9 Å². The van der Waals surface area contributed by atoms with Crippen LogP contribution in [0.15, 0.2) is 110 Å². The lowest BCUT2D eigenvalue weighted by Gasteiger charge is -2.41. The van der Waals surface area contributed by atoms with Crippen molar-refractivity contribution in [2.24, 2.45) is 23.3 Å². The van der Waals surface area contributed by atoms with Gasteiger partial charge in [0.1, 0.15) is 25.4 Å². The van der Waals surface area contributed by atoms with Crippen molar-refractivity contribution in [3.63, 3.8) is 0 Å². The Morgan fingerprint density at radius 2 is 0.911 bits per heavy atom. The minimum absolute atomic E-state index is 0.166. The first-order chi connectivity index (χ1) is 26.8. The number of pyridine rings is 2. The van der Waals surface area contributed by atoms with E-state index < -0.39 is 72.2 Å². The molecule has 0 aliphatic rings. The predicted octanol–water partition coefficient (Wildman–Crippen LogP) is 4.02. The number of amides is 4. The Bertz CT molecular complexity index is 1700. The van der Waals surface area contributed by atoms with Crippen molar-refractivity contribution in [1.82, 2.24) is 19.8 Å². The van der Waals surface area contributed by atoms with Crippen LogP contribution in [0.25, 0.3) is 0 Å². The Morgan fingerprint density at radius 1 is 0.571 bits per heavy atom. The molecule has 0 aliphatic heterocycles. The number of aliphatic hydroxyl groups excluding tert-OH is 2. The van der Waals surface area contributed by atoms with Crippen LogP contribution >= 0.6 is 0 Å². The second-order valence-corrected chi connectivity index (χ2v) is 14.3. The molecule has 0 unspecified atom stereocenters. The van der Waals surface area contributed by atoms with Crippen molar-refractivity contribution in [2.75, 3.05) is 0 Å². The van der Waals surface area contributed by atoms with Crippen LogP contribution in [-0.4, -0.2) is 90.4 Å². The lowest BCUT2D eigenvalue weighted by molar-refractivity contribution is -0.145. The average molecular weight is 769 g/mol. The highest BCUT2D eigenvalue weighted by Gasteiger charge is 2.47. The minimum atomic E-state index is -1.99. The molecule has 2 heterocycles. The third kappa shape index (κ3) is 11.7. The monoisotopic (exact) mass is 768 g/mol. The van der Waals surface area contributed by atoms with Crippen LogP contribution in [-0.2, 0) is 45.1 Å². The molecule has 0 saturated carbocycles. The maximum atomic E-state index is 14.2. The largest absolute Gasteiger partial charge is 0.444 e. The number of hydrogen-bond donors (Lipinski definition) is 4. The topological polar surface area (TPSA) is 212 Å². The number of benzene rings is 2. The van der Waals surface area contributed by atoms with Gasteiger partial charge in [-0.1, -0.05) is 100 Å². The highest BCUT2D eigenvalue weighted by atomic mass is 16.6. The summed E-state index contributed by atoms with van der Waals surface area (Å²) in [5, 5.41) is 24.8. The standard InChI is InChI=1S/C42H52N6O8/c1-27(2)35(43)39(51)47(41(53)55-25-31-17-11-19-45-23-31)33(21-29-13-7-5-8-14-29)37(49)38(50)34(22-30-15-9-6-10-16-30)48(40(52)36(44)28(3)4)42(54)56-26-32-18-12-20-46-24-32/h5-20,23-24,27-28,33-38,49-50H,21-22,25-26,43-44H2,1-4H3/t33-,34-,35-,36-,37-,38+/m0/s1. The number of ether oxygens (including phenoxy) is 2. The number of hydrogen-bond acceptors (Lipinski definition) is 12. The predicted molar refractivity (Wildman–Crippen MR) is 208 cm³/mol. The highest BCUT2D eigenvalue weighted by molar-refractivity contribution is 5.96. The fourth-order valence-electron chi connectivity index (χ4n) is 5.96. The van der Waals surface area contributed by atoms with E-state index in [0.29, 0.717) is 22.3 Å². The number of aromatic nitrogens is 2. The number of carbonyl (C=O) groups is 4. The summed E-state index contributed by atoms with van der Waals surface area (Å²) in [4.78, 5) is 66.2. The summed E-state index contributed by atoms with van der Waals surface area (Å²) in [6, 6.07) is 18.6. The summed E-state index contributed by atoms with van der Waals surface area (Å²) >= 11 is 0. The SMILES string of the molecule is CC(C)[C@H](N)C(=O)N(C(=O)OCc1cccnc1)[C@@H](Cc1ccccc1)[C@H](O)[C@H](O)[C@H](Cc1ccccc1)N(C(=O)OCc1cccnc1)C(=O)[C@@H](N)C(C)C. The van der Waals surface area contributed by atoms with E-state index in [9.17, 15) is 29.4 Å². The molecule has 14 heteroatoms. The summed E-state index contributed by atoms with van der Waals surface area (Å²) in [5.74, 6) is -2.62. The summed E-state index contributed by atoms with van der Waals surface area (Å²) in [7, 11) is 0. The molecule has 4 aromatic rings. The molecule has 2 aromatic heterocycles. The summed E-state index contributed by atoms with van der Waals surface area (Å²) in [6.45, 7) is 6.28. The molecule has 4 rings (SSSR count). The molecule has 2 aromatic carbocycles. The van der Waals surface area contributed by atoms with Crippen LogP contribution in [0.4, 0.5) is 9.59 Å². The van der Waals surface area contributed by atoms with E-state index >= 15 is 0 Å². The number of rotatable bonds is 17. The number of imide groups is 2. The van der Waals surface area contributed by atoms with Crippen molar-refractivity contribution in [3.05, 3.63) is 132 Å². The molecule has 6 N–H and O–H groups in total. The molecule has 0 saturated heterocycles. The molecule has 56 heavy (non-hydrogen) atoms. The Balaban J connectivity index is 1.84. The molecule has 0 spiro atoms. The van der Waals surface area contributed by atoms with E-state index in [1.807, 2.05) is 0 Å². The Labute approximate surface area is 327 Å². The van der Waals surface area contributed by atoms with Gasteiger partial charge in [-0.15, -0.1) is 0 Å². The van der Waals surface area contributed by atoms with Gasteiger partial charge in [-0.3, -0.25) is 19.6 Å². The van der Waals surface area contributed by atoms with Gasteiger partial charge in [-0.25, -0.2) is 19.4 Å². The van der Waals surface area contributed by atoms with Gasteiger partial charge >= 0.3 is 12.2 Å². The number of nitrogens with zero attached hydrogens (tertiary/aromatic N) is 4. The Kier molecular flexibility index (Phi) is 16.2. The Hall–Kier alpha value is -5.54. The van der Waals surface area contributed by atoms with Crippen LogP contribution in [0.1, 0.15) is 49.9 Å². The lowest BCUT2D eigenvalue weighted by atomic mass is 9.88. The van der Waals surface area contributed by atoms with Gasteiger partial charge < -0.3 is 31.2 Å². The molecule has 0 fully saturated rings. The molecule has 0 bridgehead atoms. The zero-order valence-electron chi connectivity index (χ0n) is 32.1. The van der Waals surface area contributed by atoms with Crippen LogP contribution in [0.3, 0.4) is 0 Å². The molecule has 298 valence electrons. The molecule has 6 atom stereocenters. The summed E-state index contributed by atoms with van der Waals surface area (Å²) < 4.78 is 11.2. The van der Waals surface area contributed by atoms with Crippen molar-refractivity contribution < 1.29 is 38.9 Å². The number of nitrogens with two attached hydrogens (primary N) is 2. The van der Waals surface area contributed by atoms with Crippen molar-refractivity contribution >= 4 is 24.0 Å². The van der Waals surface area contributed by atoms with E-state index in [1.165, 1.54) is 12.4 Å². The first-order valence-corrected chi connectivity index (χ1v) is 18.5. The van der Waals surface area contributed by atoms with E-state index in [0.717, 1.165) is 9.80 Å². The van der Waals surface area contributed by atoms with Crippen LogP contribution in [0.5, 0.6) is 0 Å². The summed E-state index contributed by atoms with van der Waals surface area (Å²) in [5.41, 5.74) is 15.0. The molecule has 0 aliphatic carbocycles. The third-order valence-electron chi connectivity index (χ3n) is 9.42. The summed E-state index contributed by atoms with van der Waals surface area (Å²) in [6.07, 6.45) is -0.480. The van der Waals surface area contributed by atoms with E-state index in [2.05, 4.69) is 9.97 Å². The van der Waals surface area contributed by atoms with Crippen molar-refractivity contribution in [2.45, 2.75) is 90.1 Å². The van der Waals surface area contributed by atoms with E-state index in [-0.39, 0.29) is 26.1 Å². The van der Waals surface area contributed by atoms with Gasteiger partial charge in [0.2, 0.25) is 11.8 Å². The fraction of sp³-hybridized carbons (Fsp3) is 0.381. The minimum Gasteiger partial charge on any atom is -0.444 e. The second kappa shape index (κ2) is 20.9. The molecule has 14 nitrogen and oxygen atoms in total. The lowest BCUT2D eigenvalue weighted by Crippen LogP contribution is -2.64. The van der Waals surface area contributed by atoms with Crippen LogP contribution in [0, 0.1) is 11.8 Å². The van der Waals surface area contributed by atoms with Crippen LogP contribution < -0.4 is 11.5 Å². The quantitative estimate of drug-likeness (QED) is 0.120. The third-order valence-corrected chi connectivity index (χ3v) is 9.42. The average Bonchev–Trinajstić information content (AvgIpc) is 3.21. The van der Waals surface area contributed by atoms with Gasteiger partial charge in [0.25, 0.3) is 0 Å². The first-order valence-electron chi connectivity index (χ1n) is 18.5. The second-order valence-electron chi connectivity index (χ2n) is 14.3. The maximum absolute atomic E-state index is 14.2. The zero-order valence-corrected chi connectivity index (χ0v) is 32.1. The number of aliphatic hydroxyl groups is 2. The maximum Gasteiger partial charge on any atom is 0.417 e. The van der Waals surface area contributed by atoms with E-state index in [1.54, 1.807) is 125 Å². The van der Waals surface area contributed by atoms with Gasteiger partial charge in [0.15, 0.2) is 0 Å². The molecule has 4 amide bonds. The highest BCUT2D eigenvalue weighted by Crippen LogP contribution is 2.26. The van der Waals surface area contributed by atoms with Crippen molar-refractivity contribution in [1.29, 1.82) is 0 Å². The molecular formula is C42H52N6O8.